The van der Waals surface area contributed by atoms with Gasteiger partial charge in [0.15, 0.2) is 6.29 Å². The molecule has 2 saturated heterocycles. The van der Waals surface area contributed by atoms with Gasteiger partial charge in [0.2, 0.25) is 10.0 Å². The van der Waals surface area contributed by atoms with E-state index in [9.17, 15) is 23.4 Å². The Morgan fingerprint density at radius 1 is 1.08 bits per heavy atom. The highest BCUT2D eigenvalue weighted by atomic mass is 32.2. The van der Waals surface area contributed by atoms with Gasteiger partial charge in [0.05, 0.1) is 42.8 Å². The van der Waals surface area contributed by atoms with E-state index in [1.165, 1.54) is 16.4 Å². The summed E-state index contributed by atoms with van der Waals surface area (Å²) in [5.41, 5.74) is 1.46. The fraction of sp³-hybridized carbons (Fsp3) is 0.536. The summed E-state index contributed by atoms with van der Waals surface area (Å²) in [6.45, 7) is 4.32. The molecule has 10 nitrogen and oxygen atoms in total. The van der Waals surface area contributed by atoms with Crippen molar-refractivity contribution in [3.8, 4) is 0 Å². The van der Waals surface area contributed by atoms with Gasteiger partial charge in [-0.3, -0.25) is 0 Å². The van der Waals surface area contributed by atoms with Gasteiger partial charge in [-0.1, -0.05) is 56.3 Å². The van der Waals surface area contributed by atoms with Crippen LogP contribution < -0.4 is 5.32 Å². The molecular formula is C28H38N2O8S. The molecule has 0 bridgehead atoms. The molecule has 4 rings (SSSR count). The van der Waals surface area contributed by atoms with Gasteiger partial charge in [-0.2, -0.15) is 4.31 Å². The minimum Gasteiger partial charge on any atom is -0.443 e. The Morgan fingerprint density at radius 2 is 1.79 bits per heavy atom. The maximum atomic E-state index is 13.6. The van der Waals surface area contributed by atoms with Crippen molar-refractivity contribution in [3.05, 3.63) is 65.7 Å². The Morgan fingerprint density at radius 3 is 2.46 bits per heavy atom. The molecule has 39 heavy (non-hydrogen) atoms. The van der Waals surface area contributed by atoms with Crippen LogP contribution in [0.5, 0.6) is 0 Å². The van der Waals surface area contributed by atoms with Crippen LogP contribution in [0.25, 0.3) is 0 Å². The Labute approximate surface area is 229 Å². The maximum absolute atomic E-state index is 13.6. The lowest BCUT2D eigenvalue weighted by Crippen LogP contribution is -2.51. The van der Waals surface area contributed by atoms with Crippen LogP contribution in [0.4, 0.5) is 4.79 Å². The molecule has 11 heteroatoms. The molecule has 2 heterocycles. The van der Waals surface area contributed by atoms with E-state index >= 15 is 0 Å². The van der Waals surface area contributed by atoms with Crippen LogP contribution in [0.2, 0.25) is 0 Å². The number of fused-ring (bicyclic) bond motifs is 1. The van der Waals surface area contributed by atoms with E-state index in [2.05, 4.69) is 5.32 Å². The molecule has 2 aliphatic rings. The van der Waals surface area contributed by atoms with Crippen LogP contribution >= 0.6 is 0 Å². The Balaban J connectivity index is 1.51. The van der Waals surface area contributed by atoms with Gasteiger partial charge in [-0.15, -0.1) is 0 Å². The largest absolute Gasteiger partial charge is 0.443 e. The topological polar surface area (TPSA) is 135 Å². The fourth-order valence-corrected chi connectivity index (χ4v) is 6.57. The molecule has 5 atom stereocenters. The molecule has 2 aromatic carbocycles. The highest BCUT2D eigenvalue weighted by molar-refractivity contribution is 7.89. The third kappa shape index (κ3) is 7.56. The number of carbonyl (C=O) groups excluding carboxylic acids is 1. The molecule has 214 valence electrons. The number of ether oxygens (including phenoxy) is 3. The first-order chi connectivity index (χ1) is 18.7. The predicted molar refractivity (Wildman–Crippen MR) is 143 cm³/mol. The molecule has 0 spiro atoms. The minimum atomic E-state index is -3.96. The number of aliphatic hydroxyl groups excluding tert-OH is 2. The van der Waals surface area contributed by atoms with E-state index < -0.39 is 34.4 Å². The number of carbonyl (C=O) groups is 1. The van der Waals surface area contributed by atoms with Crippen molar-refractivity contribution in [2.45, 2.75) is 62.7 Å². The molecule has 2 aliphatic heterocycles. The molecule has 2 fully saturated rings. The third-order valence-electron chi connectivity index (χ3n) is 7.01. The molecule has 2 aromatic rings. The predicted octanol–water partition coefficient (Wildman–Crippen LogP) is 2.29. The Kier molecular flexibility index (Phi) is 9.97. The lowest BCUT2D eigenvalue weighted by Gasteiger charge is -2.31. The zero-order chi connectivity index (χ0) is 28.0. The molecule has 0 aromatic heterocycles. The van der Waals surface area contributed by atoms with E-state index in [1.807, 2.05) is 44.2 Å². The normalized spacial score (nSPS) is 22.6. The number of alkyl carbamates (subject to hydrolysis) is 1. The van der Waals surface area contributed by atoms with Crippen molar-refractivity contribution < 1.29 is 37.6 Å². The summed E-state index contributed by atoms with van der Waals surface area (Å²) in [5.74, 6) is -0.0460. The molecular weight excluding hydrogens is 524 g/mol. The van der Waals surface area contributed by atoms with Gasteiger partial charge in [0.25, 0.3) is 0 Å². The van der Waals surface area contributed by atoms with Gasteiger partial charge in [0, 0.05) is 13.1 Å². The van der Waals surface area contributed by atoms with Crippen LogP contribution in [-0.2, 0) is 37.3 Å². The molecule has 1 amide bonds. The van der Waals surface area contributed by atoms with Crippen molar-refractivity contribution in [1.29, 1.82) is 0 Å². The maximum Gasteiger partial charge on any atom is 0.407 e. The lowest BCUT2D eigenvalue weighted by atomic mass is 10.0. The Bertz CT molecular complexity index is 1180. The Hall–Kier alpha value is -2.54. The number of sulfonamides is 1. The van der Waals surface area contributed by atoms with Crippen molar-refractivity contribution in [2.75, 3.05) is 26.3 Å². The van der Waals surface area contributed by atoms with Crippen LogP contribution in [-0.4, -0.2) is 79.9 Å². The highest BCUT2D eigenvalue weighted by Crippen LogP contribution is 2.33. The lowest BCUT2D eigenvalue weighted by molar-refractivity contribution is -0.0907. The number of benzene rings is 2. The van der Waals surface area contributed by atoms with Gasteiger partial charge < -0.3 is 29.7 Å². The molecule has 0 radical (unpaired) electrons. The number of hydrogen-bond acceptors (Lipinski definition) is 8. The number of nitrogens with one attached hydrogen (secondary N) is 1. The first kappa shape index (κ1) is 29.4. The van der Waals surface area contributed by atoms with E-state index in [-0.39, 0.29) is 55.7 Å². The van der Waals surface area contributed by atoms with Gasteiger partial charge in [-0.25, -0.2) is 13.2 Å². The van der Waals surface area contributed by atoms with Crippen LogP contribution in [0.15, 0.2) is 59.5 Å². The standard InChI is InChI=1S/C28H38N2O8S/c1-19(2)15-30(39(34,35)22-10-8-21(17-31)9-11-22)16-25(32)24(14-20-6-4-3-5-7-20)29-28(33)38-26-18-37-27-23(26)12-13-36-27/h3-11,19,23-27,31-32H,12-18H2,1-2H3,(H,29,33)/t23?,24-,25+,26-,27?/m0/s1. The summed E-state index contributed by atoms with van der Waals surface area (Å²) in [6, 6.07) is 14.5. The second-order valence-corrected chi connectivity index (χ2v) is 12.4. The summed E-state index contributed by atoms with van der Waals surface area (Å²) < 4.78 is 45.1. The van der Waals surface area contributed by atoms with Crippen LogP contribution in [0.3, 0.4) is 0 Å². The second kappa shape index (κ2) is 13.2. The molecule has 0 saturated carbocycles. The second-order valence-electron chi connectivity index (χ2n) is 10.5. The van der Waals surface area contributed by atoms with Crippen molar-refractivity contribution in [3.63, 3.8) is 0 Å². The summed E-state index contributed by atoms with van der Waals surface area (Å²) in [7, 11) is -3.96. The molecule has 0 aliphatic carbocycles. The zero-order valence-corrected chi connectivity index (χ0v) is 23.1. The zero-order valence-electron chi connectivity index (χ0n) is 22.3. The van der Waals surface area contributed by atoms with E-state index in [1.54, 1.807) is 12.1 Å². The van der Waals surface area contributed by atoms with Crippen molar-refractivity contribution in [1.82, 2.24) is 9.62 Å². The summed E-state index contributed by atoms with van der Waals surface area (Å²) >= 11 is 0. The van der Waals surface area contributed by atoms with E-state index in [0.29, 0.717) is 12.2 Å². The first-order valence-electron chi connectivity index (χ1n) is 13.3. The molecule has 2 unspecified atom stereocenters. The third-order valence-corrected chi connectivity index (χ3v) is 8.86. The van der Waals surface area contributed by atoms with E-state index in [0.717, 1.165) is 12.0 Å². The number of aliphatic hydroxyl groups is 2. The van der Waals surface area contributed by atoms with Gasteiger partial charge in [0.1, 0.15) is 6.10 Å². The number of rotatable bonds is 12. The number of amides is 1. The SMILES string of the molecule is CC(C)CN(C[C@@H](O)[C@H](Cc1ccccc1)NC(=O)O[C@H]1COC2OCCC21)S(=O)(=O)c1ccc(CO)cc1. The summed E-state index contributed by atoms with van der Waals surface area (Å²) in [4.78, 5) is 13.0. The monoisotopic (exact) mass is 562 g/mol. The number of nitrogens with zero attached hydrogens (tertiary/aromatic N) is 1. The summed E-state index contributed by atoms with van der Waals surface area (Å²) in [6.07, 6.45) is -1.74. The molecule has 3 N–H and O–H groups in total. The highest BCUT2D eigenvalue weighted by Gasteiger charge is 2.44. The minimum absolute atomic E-state index is 0.0156. The number of hydrogen-bond donors (Lipinski definition) is 3. The van der Waals surface area contributed by atoms with Gasteiger partial charge in [-0.05, 0) is 42.0 Å². The average Bonchev–Trinajstić information content (AvgIpc) is 3.53. The quantitative estimate of drug-likeness (QED) is 0.359. The fourth-order valence-electron chi connectivity index (χ4n) is 4.95. The average molecular weight is 563 g/mol. The smallest absolute Gasteiger partial charge is 0.407 e. The van der Waals surface area contributed by atoms with Crippen molar-refractivity contribution in [2.24, 2.45) is 11.8 Å². The van der Waals surface area contributed by atoms with E-state index in [4.69, 9.17) is 14.2 Å². The van der Waals surface area contributed by atoms with Crippen LogP contribution in [0.1, 0.15) is 31.4 Å². The first-order valence-corrected chi connectivity index (χ1v) is 14.7. The van der Waals surface area contributed by atoms with Gasteiger partial charge >= 0.3 is 6.09 Å². The summed E-state index contributed by atoms with van der Waals surface area (Å²) in [5, 5.41) is 23.4. The van der Waals surface area contributed by atoms with Crippen molar-refractivity contribution >= 4 is 16.1 Å². The van der Waals surface area contributed by atoms with Crippen LogP contribution in [0, 0.1) is 11.8 Å².